The van der Waals surface area contributed by atoms with Crippen LogP contribution in [0.5, 0.6) is 0 Å². The SMILES string of the molecule is CCCCCCCCCCCCCCCCCCCCCCCCCCCCCCCCCCCCCC(=O)OC(COC(=O)CCCCCCCCCCCCCCCCCCCCCCCCCCCCCCC)COP(=O)(O)OCC[N+](C)(C)C. The number of phosphoric ester groups is 1. The summed E-state index contributed by atoms with van der Waals surface area (Å²) < 4.78 is 34.8. The number of rotatable bonds is 76. The molecule has 526 valence electrons. The molecule has 1 N–H and O–H groups in total. The lowest BCUT2D eigenvalue weighted by molar-refractivity contribution is -0.870. The van der Waals surface area contributed by atoms with Crippen molar-refractivity contribution in [2.45, 2.75) is 444 Å². The lowest BCUT2D eigenvalue weighted by atomic mass is 10.0. The van der Waals surface area contributed by atoms with Crippen LogP contribution in [0.4, 0.5) is 0 Å². The standard InChI is InChI=1S/C78H156NO8P/c1-6-8-10-12-14-16-18-20-22-24-26-28-30-32-34-36-37-38-39-40-41-43-45-47-49-51-53-55-57-59-61-63-65-67-69-71-78(81)87-76(75-86-88(82,83)85-73-72-79(3,4)5)74-84-77(80)70-68-66-64-62-60-58-56-54-52-50-48-46-44-42-35-33-31-29-27-25-23-21-19-17-15-13-11-9-7-2/h76H,6-75H2,1-5H3/p+1. The van der Waals surface area contributed by atoms with Gasteiger partial charge in [0.1, 0.15) is 19.8 Å². The van der Waals surface area contributed by atoms with Crippen LogP contribution in [-0.4, -0.2) is 74.9 Å². The third-order valence-electron chi connectivity index (χ3n) is 18.6. The van der Waals surface area contributed by atoms with Crippen molar-refractivity contribution in [3.8, 4) is 0 Å². The first-order chi connectivity index (χ1) is 43.0. The van der Waals surface area contributed by atoms with Gasteiger partial charge in [-0.25, -0.2) is 4.57 Å². The Hall–Kier alpha value is -0.990. The zero-order valence-electron chi connectivity index (χ0n) is 60.3. The first kappa shape index (κ1) is 87.0. The van der Waals surface area contributed by atoms with Gasteiger partial charge < -0.3 is 18.9 Å². The van der Waals surface area contributed by atoms with Gasteiger partial charge in [0.25, 0.3) is 0 Å². The van der Waals surface area contributed by atoms with E-state index in [0.717, 1.165) is 38.5 Å². The van der Waals surface area contributed by atoms with E-state index < -0.39 is 26.5 Å². The van der Waals surface area contributed by atoms with Crippen molar-refractivity contribution in [3.05, 3.63) is 0 Å². The van der Waals surface area contributed by atoms with Gasteiger partial charge in [0.2, 0.25) is 0 Å². The summed E-state index contributed by atoms with van der Waals surface area (Å²) in [7, 11) is 1.51. The van der Waals surface area contributed by atoms with Crippen LogP contribution in [0.25, 0.3) is 0 Å². The normalized spacial score (nSPS) is 12.9. The van der Waals surface area contributed by atoms with Gasteiger partial charge in [0.15, 0.2) is 6.10 Å². The quantitative estimate of drug-likeness (QED) is 0.0278. The second kappa shape index (κ2) is 70.3. The second-order valence-electron chi connectivity index (χ2n) is 28.8. The molecule has 0 bridgehead atoms. The Bertz CT molecular complexity index is 1440. The molecule has 0 saturated heterocycles. The number of unbranched alkanes of at least 4 members (excludes halogenated alkanes) is 62. The average Bonchev–Trinajstić information content (AvgIpc) is 3.57. The first-order valence-electron chi connectivity index (χ1n) is 39.8. The molecule has 10 heteroatoms. The molecule has 0 saturated carbocycles. The molecule has 0 radical (unpaired) electrons. The van der Waals surface area contributed by atoms with Crippen LogP contribution < -0.4 is 0 Å². The Labute approximate surface area is 550 Å². The van der Waals surface area contributed by atoms with Gasteiger partial charge >= 0.3 is 19.8 Å². The number of ether oxygens (including phenoxy) is 2. The summed E-state index contributed by atoms with van der Waals surface area (Å²) in [5.41, 5.74) is 0. The largest absolute Gasteiger partial charge is 0.472 e. The monoisotopic (exact) mass is 1270 g/mol. The lowest BCUT2D eigenvalue weighted by Crippen LogP contribution is -2.37. The Morgan fingerprint density at radius 3 is 0.727 bits per heavy atom. The van der Waals surface area contributed by atoms with Gasteiger partial charge in [-0.3, -0.25) is 18.6 Å². The van der Waals surface area contributed by atoms with Crippen LogP contribution >= 0.6 is 7.82 Å². The number of quaternary nitrogens is 1. The van der Waals surface area contributed by atoms with Crippen molar-refractivity contribution in [3.63, 3.8) is 0 Å². The van der Waals surface area contributed by atoms with E-state index in [1.807, 2.05) is 21.1 Å². The minimum absolute atomic E-state index is 0.0379. The number of phosphoric acid groups is 1. The fourth-order valence-corrected chi connectivity index (χ4v) is 13.3. The maximum atomic E-state index is 12.9. The Morgan fingerprint density at radius 2 is 0.511 bits per heavy atom. The fourth-order valence-electron chi connectivity index (χ4n) is 12.6. The van der Waals surface area contributed by atoms with Crippen molar-refractivity contribution in [2.75, 3.05) is 47.5 Å². The van der Waals surface area contributed by atoms with Crippen molar-refractivity contribution in [1.82, 2.24) is 0 Å². The molecule has 0 heterocycles. The number of hydrogen-bond donors (Lipinski definition) is 1. The smallest absolute Gasteiger partial charge is 0.462 e. The number of nitrogens with zero attached hydrogens (tertiary/aromatic N) is 1. The van der Waals surface area contributed by atoms with Crippen LogP contribution in [0.1, 0.15) is 438 Å². The number of carbonyl (C=O) groups is 2. The summed E-state index contributed by atoms with van der Waals surface area (Å²) >= 11 is 0. The molecule has 2 unspecified atom stereocenters. The van der Waals surface area contributed by atoms with E-state index in [-0.39, 0.29) is 25.6 Å². The summed E-state index contributed by atoms with van der Waals surface area (Å²) in [6.07, 6.45) is 86.9. The molecule has 0 amide bonds. The molecule has 0 aliphatic carbocycles. The Kier molecular flexibility index (Phi) is 69.5. The van der Waals surface area contributed by atoms with Crippen LogP contribution in [-0.2, 0) is 32.7 Å². The van der Waals surface area contributed by atoms with Crippen LogP contribution in [0.2, 0.25) is 0 Å². The highest BCUT2D eigenvalue weighted by atomic mass is 31.2. The molecule has 9 nitrogen and oxygen atoms in total. The number of esters is 2. The number of hydrogen-bond acceptors (Lipinski definition) is 7. The van der Waals surface area contributed by atoms with E-state index >= 15 is 0 Å². The first-order valence-corrected chi connectivity index (χ1v) is 41.3. The highest BCUT2D eigenvalue weighted by Crippen LogP contribution is 2.43. The Morgan fingerprint density at radius 1 is 0.307 bits per heavy atom. The molecular weight excluding hydrogens is 1110 g/mol. The molecule has 0 spiro atoms. The predicted molar refractivity (Wildman–Crippen MR) is 382 cm³/mol. The zero-order valence-corrected chi connectivity index (χ0v) is 61.2. The van der Waals surface area contributed by atoms with Crippen molar-refractivity contribution in [1.29, 1.82) is 0 Å². The van der Waals surface area contributed by atoms with Gasteiger partial charge in [-0.1, -0.05) is 412 Å². The molecule has 2 atom stereocenters. The van der Waals surface area contributed by atoms with Gasteiger partial charge in [0, 0.05) is 12.8 Å². The predicted octanol–water partition coefficient (Wildman–Crippen LogP) is 26.1. The average molecular weight is 1270 g/mol. The summed E-state index contributed by atoms with van der Waals surface area (Å²) in [4.78, 5) is 36.0. The van der Waals surface area contributed by atoms with Gasteiger partial charge in [0.05, 0.1) is 27.7 Å². The number of carbonyl (C=O) groups excluding carboxylic acids is 2. The van der Waals surface area contributed by atoms with E-state index in [0.29, 0.717) is 17.4 Å². The molecule has 0 rings (SSSR count). The highest BCUT2D eigenvalue weighted by Gasteiger charge is 2.27. The zero-order chi connectivity index (χ0) is 64.1. The molecular formula is C78H157NO8P+. The van der Waals surface area contributed by atoms with Gasteiger partial charge in [-0.2, -0.15) is 0 Å². The minimum atomic E-state index is -4.39. The number of likely N-dealkylation sites (N-methyl/N-ethyl adjacent to an activating group) is 1. The van der Waals surface area contributed by atoms with E-state index in [9.17, 15) is 19.0 Å². The van der Waals surface area contributed by atoms with E-state index in [2.05, 4.69) is 13.8 Å². The maximum Gasteiger partial charge on any atom is 0.472 e. The van der Waals surface area contributed by atoms with Crippen LogP contribution in [0.15, 0.2) is 0 Å². The van der Waals surface area contributed by atoms with E-state index in [1.54, 1.807) is 0 Å². The van der Waals surface area contributed by atoms with Crippen LogP contribution in [0.3, 0.4) is 0 Å². The van der Waals surface area contributed by atoms with Crippen LogP contribution in [0, 0.1) is 0 Å². The Balaban J connectivity index is 3.89. The third-order valence-corrected chi connectivity index (χ3v) is 19.6. The maximum absolute atomic E-state index is 12.9. The third kappa shape index (κ3) is 74.1. The molecule has 0 aromatic rings. The lowest BCUT2D eigenvalue weighted by Gasteiger charge is -2.24. The molecule has 0 aliphatic rings. The fraction of sp³-hybridized carbons (Fsp3) is 0.974. The highest BCUT2D eigenvalue weighted by molar-refractivity contribution is 7.47. The summed E-state index contributed by atoms with van der Waals surface area (Å²) in [5, 5.41) is 0. The second-order valence-corrected chi connectivity index (χ2v) is 30.3. The van der Waals surface area contributed by atoms with Crippen molar-refractivity contribution < 1.29 is 42.1 Å². The molecule has 0 aromatic carbocycles. The van der Waals surface area contributed by atoms with Crippen molar-refractivity contribution in [2.24, 2.45) is 0 Å². The minimum Gasteiger partial charge on any atom is -0.462 e. The molecule has 88 heavy (non-hydrogen) atoms. The van der Waals surface area contributed by atoms with Crippen molar-refractivity contribution >= 4 is 19.8 Å². The summed E-state index contributed by atoms with van der Waals surface area (Å²) in [6, 6.07) is 0. The summed E-state index contributed by atoms with van der Waals surface area (Å²) in [5.74, 6) is -0.764. The molecule has 0 aliphatic heterocycles. The van der Waals surface area contributed by atoms with Gasteiger partial charge in [-0.15, -0.1) is 0 Å². The molecule has 0 aromatic heterocycles. The van der Waals surface area contributed by atoms with Gasteiger partial charge in [-0.05, 0) is 12.8 Å². The molecule has 0 fully saturated rings. The van der Waals surface area contributed by atoms with E-state index in [1.165, 1.54) is 372 Å². The summed E-state index contributed by atoms with van der Waals surface area (Å²) in [6.45, 7) is 4.54. The topological polar surface area (TPSA) is 108 Å². The van der Waals surface area contributed by atoms with E-state index in [4.69, 9.17) is 18.5 Å².